The van der Waals surface area contributed by atoms with Crippen LogP contribution in [0.5, 0.6) is 11.5 Å². The molecule has 28 heavy (non-hydrogen) atoms. The van der Waals surface area contributed by atoms with Gasteiger partial charge >= 0.3 is 0 Å². The smallest absolute Gasteiger partial charge is 0.179 e. The molecule has 2 heterocycles. The molecule has 7 heteroatoms. The Labute approximate surface area is 174 Å². The minimum atomic E-state index is 0.528. The van der Waals surface area contributed by atoms with Gasteiger partial charge in [-0.15, -0.1) is 0 Å². The molecule has 0 unspecified atom stereocenters. The van der Waals surface area contributed by atoms with E-state index >= 15 is 0 Å². The summed E-state index contributed by atoms with van der Waals surface area (Å²) >= 11 is 12.3. The van der Waals surface area contributed by atoms with Gasteiger partial charge in [0.1, 0.15) is 13.2 Å². The van der Waals surface area contributed by atoms with Gasteiger partial charge in [0.2, 0.25) is 0 Å². The fraction of sp³-hybridized carbons (Fsp3) is 0.286. The molecular weight excluding hydrogens is 397 g/mol. The molecule has 4 rings (SSSR count). The van der Waals surface area contributed by atoms with Gasteiger partial charge in [0.15, 0.2) is 11.5 Å². The Morgan fingerprint density at radius 1 is 1.04 bits per heavy atom. The summed E-state index contributed by atoms with van der Waals surface area (Å²) in [4.78, 5) is 0. The van der Waals surface area contributed by atoms with Gasteiger partial charge in [-0.1, -0.05) is 23.2 Å². The zero-order valence-electron chi connectivity index (χ0n) is 15.8. The molecule has 146 valence electrons. The summed E-state index contributed by atoms with van der Waals surface area (Å²) in [6.45, 7) is 6.55. The second kappa shape index (κ2) is 8.03. The highest BCUT2D eigenvalue weighted by Crippen LogP contribution is 2.38. The summed E-state index contributed by atoms with van der Waals surface area (Å²) in [7, 11) is 0. The standard InChI is InChI=1S/C21H21Cl2N3O2/c1-13-18(14(2)26(25-13)17-5-3-16(22)4-6-17)12-24-11-15-9-19(23)21-20(10-15)27-7-8-28-21/h3-6,9-10,24H,7-8,11-12H2,1-2H3. The van der Waals surface area contributed by atoms with Crippen LogP contribution < -0.4 is 14.8 Å². The van der Waals surface area contributed by atoms with Crippen molar-refractivity contribution in [2.45, 2.75) is 26.9 Å². The van der Waals surface area contributed by atoms with Gasteiger partial charge in [-0.05, 0) is 55.8 Å². The van der Waals surface area contributed by atoms with Crippen LogP contribution in [0.25, 0.3) is 5.69 Å². The molecule has 0 fully saturated rings. The highest BCUT2D eigenvalue weighted by atomic mass is 35.5. The van der Waals surface area contributed by atoms with Crippen LogP contribution in [0, 0.1) is 13.8 Å². The molecule has 1 aliphatic heterocycles. The van der Waals surface area contributed by atoms with Crippen LogP contribution in [-0.2, 0) is 13.1 Å². The third-order valence-electron chi connectivity index (χ3n) is 4.80. The molecule has 0 saturated heterocycles. The van der Waals surface area contributed by atoms with Crippen LogP contribution in [0.3, 0.4) is 0 Å². The van der Waals surface area contributed by atoms with E-state index in [-0.39, 0.29) is 0 Å². The molecule has 0 amide bonds. The first-order valence-electron chi connectivity index (χ1n) is 9.12. The lowest BCUT2D eigenvalue weighted by Crippen LogP contribution is -2.17. The maximum Gasteiger partial charge on any atom is 0.179 e. The van der Waals surface area contributed by atoms with Gasteiger partial charge in [-0.2, -0.15) is 5.10 Å². The van der Waals surface area contributed by atoms with E-state index in [2.05, 4.69) is 17.3 Å². The van der Waals surface area contributed by atoms with E-state index in [0.717, 1.165) is 22.6 Å². The van der Waals surface area contributed by atoms with Crippen molar-refractivity contribution in [3.05, 3.63) is 69.0 Å². The fourth-order valence-corrected chi connectivity index (χ4v) is 3.78. The van der Waals surface area contributed by atoms with E-state index in [4.69, 9.17) is 32.7 Å². The monoisotopic (exact) mass is 417 g/mol. The molecule has 0 spiro atoms. The van der Waals surface area contributed by atoms with Crippen molar-refractivity contribution >= 4 is 23.2 Å². The molecule has 0 saturated carbocycles. The molecule has 1 aliphatic rings. The fourth-order valence-electron chi connectivity index (χ4n) is 3.36. The Hall–Kier alpha value is -2.21. The lowest BCUT2D eigenvalue weighted by Gasteiger charge is -2.20. The first-order valence-corrected chi connectivity index (χ1v) is 9.88. The Morgan fingerprint density at radius 2 is 1.79 bits per heavy atom. The topological polar surface area (TPSA) is 48.3 Å². The van der Waals surface area contributed by atoms with E-state index in [9.17, 15) is 0 Å². The van der Waals surface area contributed by atoms with Gasteiger partial charge in [0, 0.05) is 29.4 Å². The van der Waals surface area contributed by atoms with Crippen molar-refractivity contribution < 1.29 is 9.47 Å². The lowest BCUT2D eigenvalue weighted by atomic mass is 10.1. The molecule has 0 bridgehead atoms. The molecule has 1 aromatic heterocycles. The third kappa shape index (κ3) is 3.83. The number of hydrogen-bond donors (Lipinski definition) is 1. The zero-order chi connectivity index (χ0) is 19.7. The predicted molar refractivity (Wildman–Crippen MR) is 111 cm³/mol. The van der Waals surface area contributed by atoms with Crippen LogP contribution in [0.2, 0.25) is 10.0 Å². The summed E-state index contributed by atoms with van der Waals surface area (Å²) in [6, 6.07) is 11.6. The third-order valence-corrected chi connectivity index (χ3v) is 5.33. The molecule has 2 aromatic carbocycles. The number of rotatable bonds is 5. The molecule has 0 atom stereocenters. The average molecular weight is 418 g/mol. The number of nitrogens with one attached hydrogen (secondary N) is 1. The number of ether oxygens (including phenoxy) is 2. The minimum Gasteiger partial charge on any atom is -0.486 e. The van der Waals surface area contributed by atoms with Crippen LogP contribution >= 0.6 is 23.2 Å². The van der Waals surface area contributed by atoms with Crippen molar-refractivity contribution in [3.63, 3.8) is 0 Å². The maximum atomic E-state index is 6.32. The highest BCUT2D eigenvalue weighted by molar-refractivity contribution is 6.32. The van der Waals surface area contributed by atoms with Crippen molar-refractivity contribution in [2.24, 2.45) is 0 Å². The number of nitrogens with zero attached hydrogens (tertiary/aromatic N) is 2. The molecule has 3 aromatic rings. The Kier molecular flexibility index (Phi) is 5.49. The van der Waals surface area contributed by atoms with Crippen LogP contribution in [-0.4, -0.2) is 23.0 Å². The number of halogens is 2. The van der Waals surface area contributed by atoms with Crippen LogP contribution in [0.1, 0.15) is 22.5 Å². The summed E-state index contributed by atoms with van der Waals surface area (Å²) in [5.74, 6) is 1.34. The Morgan fingerprint density at radius 3 is 2.57 bits per heavy atom. The maximum absolute atomic E-state index is 6.32. The van der Waals surface area contributed by atoms with E-state index in [1.54, 1.807) is 0 Å². The molecule has 1 N–H and O–H groups in total. The first kappa shape index (κ1) is 19.1. The lowest BCUT2D eigenvalue weighted by molar-refractivity contribution is 0.171. The van der Waals surface area contributed by atoms with Gasteiger partial charge in [0.05, 0.1) is 16.4 Å². The van der Waals surface area contributed by atoms with Gasteiger partial charge < -0.3 is 14.8 Å². The molecular formula is C21H21Cl2N3O2. The normalized spacial score (nSPS) is 13.0. The van der Waals surface area contributed by atoms with Crippen LogP contribution in [0.15, 0.2) is 36.4 Å². The van der Waals surface area contributed by atoms with E-state index in [1.165, 1.54) is 5.56 Å². The number of hydrogen-bond acceptors (Lipinski definition) is 4. The van der Waals surface area contributed by atoms with Crippen molar-refractivity contribution in [1.29, 1.82) is 0 Å². The number of aryl methyl sites for hydroxylation is 1. The Balaban J connectivity index is 1.47. The zero-order valence-corrected chi connectivity index (χ0v) is 17.3. The van der Waals surface area contributed by atoms with E-state index in [1.807, 2.05) is 48.0 Å². The quantitative estimate of drug-likeness (QED) is 0.643. The second-order valence-corrected chi connectivity index (χ2v) is 7.59. The van der Waals surface area contributed by atoms with E-state index < -0.39 is 0 Å². The van der Waals surface area contributed by atoms with Crippen molar-refractivity contribution in [1.82, 2.24) is 15.1 Å². The summed E-state index contributed by atoms with van der Waals surface area (Å²) in [5, 5.41) is 9.46. The largest absolute Gasteiger partial charge is 0.486 e. The summed E-state index contributed by atoms with van der Waals surface area (Å²) in [6.07, 6.45) is 0. The number of fused-ring (bicyclic) bond motifs is 1. The SMILES string of the molecule is Cc1nn(-c2ccc(Cl)cc2)c(C)c1CNCc1cc(Cl)c2c(c1)OCCO2. The van der Waals surface area contributed by atoms with Crippen molar-refractivity contribution in [3.8, 4) is 17.2 Å². The van der Waals surface area contributed by atoms with E-state index in [0.29, 0.717) is 47.8 Å². The minimum absolute atomic E-state index is 0.528. The molecule has 0 radical (unpaired) electrons. The predicted octanol–water partition coefficient (Wildman–Crippen LogP) is 4.86. The summed E-state index contributed by atoms with van der Waals surface area (Å²) < 4.78 is 13.2. The summed E-state index contributed by atoms with van der Waals surface area (Å²) in [5.41, 5.74) is 5.33. The molecule has 0 aliphatic carbocycles. The van der Waals surface area contributed by atoms with Gasteiger partial charge in [0.25, 0.3) is 0 Å². The number of benzene rings is 2. The van der Waals surface area contributed by atoms with Gasteiger partial charge in [-0.3, -0.25) is 0 Å². The average Bonchev–Trinajstić information content (AvgIpc) is 2.97. The Bertz CT molecular complexity index is 1000. The molecule has 5 nitrogen and oxygen atoms in total. The first-order chi connectivity index (χ1) is 13.5. The highest BCUT2D eigenvalue weighted by Gasteiger charge is 2.17. The second-order valence-electron chi connectivity index (χ2n) is 6.74. The number of aromatic nitrogens is 2. The van der Waals surface area contributed by atoms with Crippen LogP contribution in [0.4, 0.5) is 0 Å². The van der Waals surface area contributed by atoms with Gasteiger partial charge in [-0.25, -0.2) is 4.68 Å². The van der Waals surface area contributed by atoms with Crippen molar-refractivity contribution in [2.75, 3.05) is 13.2 Å².